The fraction of sp³-hybridized carbons (Fsp3) is 0.333. The number of para-hydroxylation sites is 1. The highest BCUT2D eigenvalue weighted by Crippen LogP contribution is 2.25. The third kappa shape index (κ3) is 4.82. The van der Waals surface area contributed by atoms with Crippen molar-refractivity contribution >= 4 is 29.2 Å². The van der Waals surface area contributed by atoms with E-state index in [0.29, 0.717) is 6.54 Å². The number of quaternary nitrogens is 1. The lowest BCUT2D eigenvalue weighted by molar-refractivity contribution is -0.922. The highest BCUT2D eigenvalue weighted by molar-refractivity contribution is 6.33. The molecule has 2 aromatic rings. The lowest BCUT2D eigenvalue weighted by atomic mass is 10.0. The van der Waals surface area contributed by atoms with E-state index >= 15 is 0 Å². The number of nitrogens with one attached hydrogen (secondary N) is 3. The molecule has 0 saturated carbocycles. The molecule has 0 unspecified atom stereocenters. The molecule has 1 fully saturated rings. The summed E-state index contributed by atoms with van der Waals surface area (Å²) in [5, 5.41) is 5.84. The summed E-state index contributed by atoms with van der Waals surface area (Å²) in [7, 11) is 0. The standard InChI is InChI=1S/C21H25ClN4O2/c1-2-23-21(28)24-20(27)19(16-8-4-3-5-9-16)26-14-12-25(13-15-26)18-11-7-6-10-17(18)22/h3-11,19H,2,12-15H2,1H3,(H2,23,24,27,28)/p+1/t19-/m0/s1. The van der Waals surface area contributed by atoms with Crippen molar-refractivity contribution in [3.8, 4) is 0 Å². The largest absolute Gasteiger partial charge is 0.359 e. The predicted molar refractivity (Wildman–Crippen MR) is 111 cm³/mol. The average molecular weight is 402 g/mol. The van der Waals surface area contributed by atoms with Crippen LogP contribution in [0.1, 0.15) is 18.5 Å². The Kier molecular flexibility index (Phi) is 6.90. The average Bonchev–Trinajstić information content (AvgIpc) is 2.70. The molecule has 3 rings (SSSR count). The zero-order valence-corrected chi connectivity index (χ0v) is 16.7. The molecule has 28 heavy (non-hydrogen) atoms. The highest BCUT2D eigenvalue weighted by atomic mass is 35.5. The third-order valence-electron chi connectivity index (χ3n) is 4.98. The van der Waals surface area contributed by atoms with E-state index in [9.17, 15) is 9.59 Å². The second-order valence-electron chi connectivity index (χ2n) is 6.79. The van der Waals surface area contributed by atoms with Gasteiger partial charge in [0.2, 0.25) is 0 Å². The van der Waals surface area contributed by atoms with Crippen LogP contribution < -0.4 is 20.4 Å². The van der Waals surface area contributed by atoms with Crippen LogP contribution in [0.4, 0.5) is 10.5 Å². The molecular formula is C21H26ClN4O2+. The number of benzene rings is 2. The molecule has 1 saturated heterocycles. The van der Waals surface area contributed by atoms with E-state index in [1.807, 2.05) is 61.5 Å². The number of imide groups is 1. The molecule has 0 radical (unpaired) electrons. The summed E-state index contributed by atoms with van der Waals surface area (Å²) in [6.07, 6.45) is 0. The van der Waals surface area contributed by atoms with Gasteiger partial charge < -0.3 is 15.1 Å². The van der Waals surface area contributed by atoms with E-state index in [4.69, 9.17) is 11.6 Å². The summed E-state index contributed by atoms with van der Waals surface area (Å²) >= 11 is 6.33. The molecule has 0 spiro atoms. The van der Waals surface area contributed by atoms with Gasteiger partial charge in [0.05, 0.1) is 36.9 Å². The Morgan fingerprint density at radius 2 is 1.71 bits per heavy atom. The minimum absolute atomic E-state index is 0.279. The van der Waals surface area contributed by atoms with Crippen LogP contribution in [0.15, 0.2) is 54.6 Å². The fourth-order valence-electron chi connectivity index (χ4n) is 3.64. The van der Waals surface area contributed by atoms with Crippen molar-refractivity contribution in [2.75, 3.05) is 37.6 Å². The molecule has 1 aliphatic rings. The number of urea groups is 1. The molecule has 2 aromatic carbocycles. The summed E-state index contributed by atoms with van der Waals surface area (Å²) in [6.45, 7) is 5.41. The van der Waals surface area contributed by atoms with Gasteiger partial charge >= 0.3 is 6.03 Å². The maximum absolute atomic E-state index is 12.9. The molecule has 0 aliphatic carbocycles. The lowest BCUT2D eigenvalue weighted by Crippen LogP contribution is -3.16. The Labute approximate surface area is 170 Å². The minimum Gasteiger partial charge on any atom is -0.359 e. The molecule has 0 aromatic heterocycles. The van der Waals surface area contributed by atoms with Crippen molar-refractivity contribution in [1.29, 1.82) is 0 Å². The third-order valence-corrected chi connectivity index (χ3v) is 5.30. The van der Waals surface area contributed by atoms with Crippen LogP contribution >= 0.6 is 11.6 Å². The first kappa shape index (κ1) is 20.2. The van der Waals surface area contributed by atoms with Gasteiger partial charge in [-0.1, -0.05) is 54.1 Å². The minimum atomic E-state index is -0.456. The van der Waals surface area contributed by atoms with Crippen LogP contribution in [-0.2, 0) is 4.79 Å². The van der Waals surface area contributed by atoms with Gasteiger partial charge in [0.1, 0.15) is 0 Å². The van der Waals surface area contributed by atoms with Crippen molar-refractivity contribution in [3.05, 3.63) is 65.2 Å². The first-order chi connectivity index (χ1) is 13.6. The summed E-state index contributed by atoms with van der Waals surface area (Å²) in [4.78, 5) is 28.2. The molecule has 1 atom stereocenters. The number of hydrogen-bond acceptors (Lipinski definition) is 3. The van der Waals surface area contributed by atoms with Crippen LogP contribution in [0.25, 0.3) is 0 Å². The van der Waals surface area contributed by atoms with Crippen LogP contribution in [0.5, 0.6) is 0 Å². The molecule has 1 heterocycles. The van der Waals surface area contributed by atoms with Gasteiger partial charge in [-0.2, -0.15) is 0 Å². The number of carbonyl (C=O) groups is 2. The van der Waals surface area contributed by atoms with Crippen molar-refractivity contribution in [1.82, 2.24) is 10.6 Å². The van der Waals surface area contributed by atoms with Crippen molar-refractivity contribution in [2.45, 2.75) is 13.0 Å². The Morgan fingerprint density at radius 1 is 1.07 bits per heavy atom. The molecule has 1 aliphatic heterocycles. The van der Waals surface area contributed by atoms with Gasteiger partial charge in [0.15, 0.2) is 6.04 Å². The number of hydrogen-bond donors (Lipinski definition) is 3. The second-order valence-corrected chi connectivity index (χ2v) is 7.20. The maximum atomic E-state index is 12.9. The Bertz CT molecular complexity index is 807. The van der Waals surface area contributed by atoms with Gasteiger partial charge in [-0.25, -0.2) is 4.79 Å². The fourth-order valence-corrected chi connectivity index (χ4v) is 3.89. The lowest BCUT2D eigenvalue weighted by Gasteiger charge is -2.37. The Hall–Kier alpha value is -2.57. The van der Waals surface area contributed by atoms with Crippen molar-refractivity contribution in [3.63, 3.8) is 0 Å². The number of halogens is 1. The van der Waals surface area contributed by atoms with E-state index in [1.165, 1.54) is 0 Å². The van der Waals surface area contributed by atoms with Gasteiger partial charge in [0.25, 0.3) is 5.91 Å². The topological polar surface area (TPSA) is 65.9 Å². The van der Waals surface area contributed by atoms with Gasteiger partial charge in [-0.05, 0) is 19.1 Å². The number of carbonyl (C=O) groups excluding carboxylic acids is 2. The first-order valence-electron chi connectivity index (χ1n) is 9.58. The molecule has 6 nitrogen and oxygen atoms in total. The van der Waals surface area contributed by atoms with Crippen molar-refractivity contribution in [2.24, 2.45) is 0 Å². The summed E-state index contributed by atoms with van der Waals surface area (Å²) in [5.41, 5.74) is 1.93. The van der Waals surface area contributed by atoms with E-state index in [-0.39, 0.29) is 5.91 Å². The highest BCUT2D eigenvalue weighted by Gasteiger charge is 2.35. The predicted octanol–water partition coefficient (Wildman–Crippen LogP) is 1.63. The molecule has 3 N–H and O–H groups in total. The quantitative estimate of drug-likeness (QED) is 0.713. The molecule has 3 amide bonds. The van der Waals surface area contributed by atoms with Crippen LogP contribution in [0.3, 0.4) is 0 Å². The first-order valence-corrected chi connectivity index (χ1v) is 9.95. The Balaban J connectivity index is 1.74. The van der Waals surface area contributed by atoms with Gasteiger partial charge in [0, 0.05) is 12.1 Å². The second kappa shape index (κ2) is 9.57. The van der Waals surface area contributed by atoms with Crippen LogP contribution in [-0.4, -0.2) is 44.7 Å². The van der Waals surface area contributed by atoms with Crippen molar-refractivity contribution < 1.29 is 14.5 Å². The van der Waals surface area contributed by atoms with E-state index in [0.717, 1.165) is 47.4 Å². The van der Waals surface area contributed by atoms with Gasteiger partial charge in [-0.15, -0.1) is 0 Å². The normalized spacial score (nSPS) is 15.7. The molecular weight excluding hydrogens is 376 g/mol. The summed E-state index contributed by atoms with van der Waals surface area (Å²) < 4.78 is 0. The van der Waals surface area contributed by atoms with Crippen LogP contribution in [0.2, 0.25) is 5.02 Å². The number of rotatable bonds is 5. The zero-order chi connectivity index (χ0) is 19.9. The summed E-state index contributed by atoms with van der Waals surface area (Å²) in [6, 6.07) is 16.6. The summed E-state index contributed by atoms with van der Waals surface area (Å²) in [5.74, 6) is -0.279. The molecule has 7 heteroatoms. The SMILES string of the molecule is CCNC(=O)NC(=O)[C@H](c1ccccc1)[NH+]1CCN(c2ccccc2Cl)CC1. The smallest absolute Gasteiger partial charge is 0.321 e. The van der Waals surface area contributed by atoms with Crippen LogP contribution in [0, 0.1) is 0 Å². The van der Waals surface area contributed by atoms with Gasteiger partial charge in [-0.3, -0.25) is 10.1 Å². The monoisotopic (exact) mass is 401 g/mol. The zero-order valence-electron chi connectivity index (χ0n) is 16.0. The number of amides is 3. The maximum Gasteiger partial charge on any atom is 0.321 e. The Morgan fingerprint density at radius 3 is 2.36 bits per heavy atom. The number of piperazine rings is 1. The van der Waals surface area contributed by atoms with E-state index in [2.05, 4.69) is 15.5 Å². The van der Waals surface area contributed by atoms with E-state index in [1.54, 1.807) is 0 Å². The number of nitrogens with zero attached hydrogens (tertiary/aromatic N) is 1. The number of anilines is 1. The molecule has 148 valence electrons. The molecule has 0 bridgehead atoms. The van der Waals surface area contributed by atoms with E-state index < -0.39 is 12.1 Å².